The Hall–Kier alpha value is -0.0400. The van der Waals surface area contributed by atoms with E-state index in [1.54, 1.807) is 0 Å². The number of unbranched alkanes of at least 4 members (excludes halogenated alkanes) is 1. The summed E-state index contributed by atoms with van der Waals surface area (Å²) in [6, 6.07) is 0. The van der Waals surface area contributed by atoms with Crippen molar-refractivity contribution in [2.24, 2.45) is 5.92 Å². The van der Waals surface area contributed by atoms with E-state index in [0.717, 1.165) is 12.8 Å². The largest absolute Gasteiger partial charge is 0.393 e. The summed E-state index contributed by atoms with van der Waals surface area (Å²) in [6.07, 6.45) is 5.66. The molecule has 0 aromatic carbocycles. The maximum atomic E-state index is 9.33. The zero-order chi connectivity index (χ0) is 8.69. The van der Waals surface area contributed by atoms with Gasteiger partial charge < -0.3 is 5.11 Å². The molecule has 0 aliphatic carbocycles. The van der Waals surface area contributed by atoms with Gasteiger partial charge in [-0.25, -0.2) is 0 Å². The van der Waals surface area contributed by atoms with Gasteiger partial charge in [-0.05, 0) is 18.8 Å². The molecule has 1 heteroatoms. The molecular weight excluding hydrogens is 136 g/mol. The van der Waals surface area contributed by atoms with Gasteiger partial charge in [0.1, 0.15) is 0 Å². The first kappa shape index (κ1) is 11.0. The minimum absolute atomic E-state index is 0.0677. The van der Waals surface area contributed by atoms with Gasteiger partial charge in [-0.3, -0.25) is 0 Å². The Morgan fingerprint density at radius 2 is 1.91 bits per heavy atom. The van der Waals surface area contributed by atoms with Crippen molar-refractivity contribution in [1.82, 2.24) is 0 Å². The summed E-state index contributed by atoms with van der Waals surface area (Å²) in [5.74, 6) is 0.699. The van der Waals surface area contributed by atoms with Gasteiger partial charge in [0.15, 0.2) is 0 Å². The highest BCUT2D eigenvalue weighted by Crippen LogP contribution is 2.14. The van der Waals surface area contributed by atoms with E-state index < -0.39 is 0 Å². The molecule has 0 aromatic rings. The minimum atomic E-state index is -0.0677. The maximum Gasteiger partial charge on any atom is 0.0540 e. The van der Waals surface area contributed by atoms with Crippen LogP contribution < -0.4 is 0 Å². The fourth-order valence-corrected chi connectivity index (χ4v) is 1.30. The van der Waals surface area contributed by atoms with Gasteiger partial charge in [-0.1, -0.05) is 40.0 Å². The Kier molecular flexibility index (Phi) is 6.63. The second kappa shape index (κ2) is 6.66. The molecule has 0 aliphatic rings. The number of hydrogen-bond donors (Lipinski definition) is 1. The average Bonchev–Trinajstić information content (AvgIpc) is 2.00. The van der Waals surface area contributed by atoms with Gasteiger partial charge in [-0.15, -0.1) is 0 Å². The number of rotatable bonds is 6. The van der Waals surface area contributed by atoms with Crippen LogP contribution in [0, 0.1) is 5.92 Å². The van der Waals surface area contributed by atoms with Crippen LogP contribution in [0.2, 0.25) is 0 Å². The number of hydrogen-bond acceptors (Lipinski definition) is 1. The molecule has 2 atom stereocenters. The summed E-state index contributed by atoms with van der Waals surface area (Å²) in [5, 5.41) is 9.33. The zero-order valence-electron chi connectivity index (χ0n) is 8.14. The Labute approximate surface area is 70.8 Å². The van der Waals surface area contributed by atoms with Crippen molar-refractivity contribution in [3.05, 3.63) is 0 Å². The minimum Gasteiger partial charge on any atom is -0.393 e. The lowest BCUT2D eigenvalue weighted by atomic mass is 9.97. The molecule has 0 radical (unpaired) electrons. The zero-order valence-corrected chi connectivity index (χ0v) is 8.14. The summed E-state index contributed by atoms with van der Waals surface area (Å²) in [6.45, 7) is 6.48. The van der Waals surface area contributed by atoms with Gasteiger partial charge in [0.05, 0.1) is 6.10 Å². The Morgan fingerprint density at radius 1 is 1.27 bits per heavy atom. The molecule has 0 heterocycles. The molecule has 0 spiro atoms. The van der Waals surface area contributed by atoms with Gasteiger partial charge in [0.2, 0.25) is 0 Å². The molecule has 1 nitrogen and oxygen atoms in total. The third-order valence-corrected chi connectivity index (χ3v) is 2.20. The van der Waals surface area contributed by atoms with Crippen LogP contribution in [-0.2, 0) is 0 Å². The normalized spacial score (nSPS) is 16.4. The molecule has 0 aromatic heterocycles. The van der Waals surface area contributed by atoms with E-state index in [1.807, 2.05) is 6.92 Å². The van der Waals surface area contributed by atoms with Crippen LogP contribution in [-0.4, -0.2) is 11.2 Å². The first-order chi connectivity index (χ1) is 5.20. The molecule has 0 saturated carbocycles. The summed E-state index contributed by atoms with van der Waals surface area (Å²) in [7, 11) is 0. The molecule has 0 saturated heterocycles. The van der Waals surface area contributed by atoms with Crippen molar-refractivity contribution in [1.29, 1.82) is 0 Å². The summed E-state index contributed by atoms with van der Waals surface area (Å²) < 4.78 is 0. The predicted molar refractivity (Wildman–Crippen MR) is 49.6 cm³/mol. The highest BCUT2D eigenvalue weighted by atomic mass is 16.3. The van der Waals surface area contributed by atoms with Gasteiger partial charge in [0, 0.05) is 0 Å². The van der Waals surface area contributed by atoms with Crippen LogP contribution in [0.4, 0.5) is 0 Å². The smallest absolute Gasteiger partial charge is 0.0540 e. The maximum absolute atomic E-state index is 9.33. The second-order valence-electron chi connectivity index (χ2n) is 3.55. The second-order valence-corrected chi connectivity index (χ2v) is 3.55. The molecule has 1 N–H and O–H groups in total. The van der Waals surface area contributed by atoms with Crippen LogP contribution in [0.3, 0.4) is 0 Å². The van der Waals surface area contributed by atoms with Crippen LogP contribution in [0.5, 0.6) is 0 Å². The average molecular weight is 158 g/mol. The van der Waals surface area contributed by atoms with Crippen LogP contribution in [0.25, 0.3) is 0 Å². The molecular formula is C10H22O. The molecule has 0 rings (SSSR count). The van der Waals surface area contributed by atoms with Crippen molar-refractivity contribution in [3.63, 3.8) is 0 Å². The standard InChI is InChI=1S/C10H22O/c1-4-6-7-9(3)8-10(11)5-2/h9-11H,4-8H2,1-3H3/t9?,10-/m1/s1. The van der Waals surface area contributed by atoms with Crippen LogP contribution >= 0.6 is 0 Å². The van der Waals surface area contributed by atoms with Crippen LogP contribution in [0.1, 0.15) is 52.9 Å². The van der Waals surface area contributed by atoms with E-state index in [2.05, 4.69) is 13.8 Å². The topological polar surface area (TPSA) is 20.2 Å². The highest BCUT2D eigenvalue weighted by molar-refractivity contribution is 4.59. The van der Waals surface area contributed by atoms with Crippen molar-refractivity contribution < 1.29 is 5.11 Å². The monoisotopic (exact) mass is 158 g/mol. The van der Waals surface area contributed by atoms with Crippen molar-refractivity contribution in [2.45, 2.75) is 59.0 Å². The summed E-state index contributed by atoms with van der Waals surface area (Å²) >= 11 is 0. The van der Waals surface area contributed by atoms with Crippen molar-refractivity contribution in [3.8, 4) is 0 Å². The Morgan fingerprint density at radius 3 is 2.36 bits per heavy atom. The number of aliphatic hydroxyl groups is 1. The lowest BCUT2D eigenvalue weighted by molar-refractivity contribution is 0.139. The first-order valence-electron chi connectivity index (χ1n) is 4.88. The molecule has 0 fully saturated rings. The molecule has 11 heavy (non-hydrogen) atoms. The van der Waals surface area contributed by atoms with E-state index in [4.69, 9.17) is 0 Å². The third-order valence-electron chi connectivity index (χ3n) is 2.20. The number of aliphatic hydroxyl groups excluding tert-OH is 1. The highest BCUT2D eigenvalue weighted by Gasteiger charge is 2.07. The first-order valence-corrected chi connectivity index (χ1v) is 4.88. The van der Waals surface area contributed by atoms with Crippen molar-refractivity contribution in [2.75, 3.05) is 0 Å². The van der Waals surface area contributed by atoms with E-state index in [1.165, 1.54) is 19.3 Å². The third kappa shape index (κ3) is 6.36. The predicted octanol–water partition coefficient (Wildman–Crippen LogP) is 2.97. The molecule has 0 aliphatic heterocycles. The van der Waals surface area contributed by atoms with Crippen LogP contribution in [0.15, 0.2) is 0 Å². The van der Waals surface area contributed by atoms with E-state index in [9.17, 15) is 5.11 Å². The fraction of sp³-hybridized carbons (Fsp3) is 1.00. The quantitative estimate of drug-likeness (QED) is 0.630. The Balaban J connectivity index is 3.27. The lowest BCUT2D eigenvalue weighted by Gasteiger charge is -2.14. The molecule has 0 amide bonds. The summed E-state index contributed by atoms with van der Waals surface area (Å²) in [4.78, 5) is 0. The van der Waals surface area contributed by atoms with Crippen molar-refractivity contribution >= 4 is 0 Å². The SMILES string of the molecule is CCCCC(C)C[C@H](O)CC. The Bertz CT molecular complexity index is 80.9. The van der Waals surface area contributed by atoms with E-state index in [-0.39, 0.29) is 6.10 Å². The van der Waals surface area contributed by atoms with E-state index >= 15 is 0 Å². The van der Waals surface area contributed by atoms with Gasteiger partial charge >= 0.3 is 0 Å². The lowest BCUT2D eigenvalue weighted by Crippen LogP contribution is -2.10. The molecule has 0 bridgehead atoms. The molecule has 68 valence electrons. The fourth-order valence-electron chi connectivity index (χ4n) is 1.30. The van der Waals surface area contributed by atoms with Gasteiger partial charge in [0.25, 0.3) is 0 Å². The molecule has 1 unspecified atom stereocenters. The van der Waals surface area contributed by atoms with E-state index in [0.29, 0.717) is 5.92 Å². The van der Waals surface area contributed by atoms with Gasteiger partial charge in [-0.2, -0.15) is 0 Å². The summed E-state index contributed by atoms with van der Waals surface area (Å²) in [5.41, 5.74) is 0.